The van der Waals surface area contributed by atoms with Crippen LogP contribution in [0, 0.1) is 13.8 Å². The molecule has 0 atom stereocenters. The molecule has 0 unspecified atom stereocenters. The second-order valence-electron chi connectivity index (χ2n) is 5.32. The van der Waals surface area contributed by atoms with E-state index in [0.29, 0.717) is 5.82 Å². The summed E-state index contributed by atoms with van der Waals surface area (Å²) in [5.74, 6) is 1.34. The summed E-state index contributed by atoms with van der Waals surface area (Å²) in [6, 6.07) is 5.97. The average molecular weight is 260 g/mol. The SMILES string of the molecule is COc1ccc(C)cc1-c1nc(C(C)(C)O)[nH]c1C. The third-order valence-electron chi connectivity index (χ3n) is 3.07. The number of nitrogens with one attached hydrogen (secondary N) is 1. The Balaban J connectivity index is 2.59. The molecule has 4 nitrogen and oxygen atoms in total. The van der Waals surface area contributed by atoms with Gasteiger partial charge in [0, 0.05) is 11.3 Å². The highest BCUT2D eigenvalue weighted by Crippen LogP contribution is 2.33. The summed E-state index contributed by atoms with van der Waals surface area (Å²) < 4.78 is 5.39. The van der Waals surface area contributed by atoms with Crippen molar-refractivity contribution in [2.75, 3.05) is 7.11 Å². The Labute approximate surface area is 113 Å². The fraction of sp³-hybridized carbons (Fsp3) is 0.400. The van der Waals surface area contributed by atoms with Crippen LogP contribution in [0.3, 0.4) is 0 Å². The Hall–Kier alpha value is -1.81. The van der Waals surface area contributed by atoms with Crippen molar-refractivity contribution in [2.24, 2.45) is 0 Å². The number of rotatable bonds is 3. The number of hydrogen-bond donors (Lipinski definition) is 2. The molecule has 0 aliphatic rings. The maximum absolute atomic E-state index is 10.0. The molecule has 0 saturated carbocycles. The van der Waals surface area contributed by atoms with Crippen LogP contribution < -0.4 is 4.74 Å². The topological polar surface area (TPSA) is 58.1 Å². The number of aryl methyl sites for hydroxylation is 2. The van der Waals surface area contributed by atoms with Crippen LogP contribution >= 0.6 is 0 Å². The summed E-state index contributed by atoms with van der Waals surface area (Å²) in [5.41, 5.74) is 2.83. The van der Waals surface area contributed by atoms with Crippen molar-refractivity contribution < 1.29 is 9.84 Å². The Morgan fingerprint density at radius 3 is 2.47 bits per heavy atom. The van der Waals surface area contributed by atoms with Crippen LogP contribution in [0.1, 0.15) is 30.9 Å². The number of nitrogens with zero attached hydrogens (tertiary/aromatic N) is 1. The number of H-pyrrole nitrogens is 1. The predicted molar refractivity (Wildman–Crippen MR) is 75.3 cm³/mol. The van der Waals surface area contributed by atoms with Crippen molar-refractivity contribution in [2.45, 2.75) is 33.3 Å². The molecule has 2 aromatic rings. The van der Waals surface area contributed by atoms with E-state index in [9.17, 15) is 5.11 Å². The molecule has 2 rings (SSSR count). The summed E-state index contributed by atoms with van der Waals surface area (Å²) in [5, 5.41) is 10.0. The van der Waals surface area contributed by atoms with E-state index in [0.717, 1.165) is 28.3 Å². The van der Waals surface area contributed by atoms with Crippen molar-refractivity contribution >= 4 is 0 Å². The van der Waals surface area contributed by atoms with Crippen LogP contribution in [0.5, 0.6) is 5.75 Å². The first-order valence-electron chi connectivity index (χ1n) is 6.27. The van der Waals surface area contributed by atoms with Gasteiger partial charge in [0.15, 0.2) is 0 Å². The molecule has 0 saturated heterocycles. The van der Waals surface area contributed by atoms with E-state index in [-0.39, 0.29) is 0 Å². The van der Waals surface area contributed by atoms with E-state index in [2.05, 4.69) is 9.97 Å². The molecule has 4 heteroatoms. The lowest BCUT2D eigenvalue weighted by molar-refractivity contribution is 0.0696. The number of aromatic nitrogens is 2. The minimum absolute atomic E-state index is 0.559. The van der Waals surface area contributed by atoms with E-state index in [1.165, 1.54) is 0 Å². The van der Waals surface area contributed by atoms with E-state index < -0.39 is 5.60 Å². The number of imidazole rings is 1. The first-order valence-corrected chi connectivity index (χ1v) is 6.27. The highest BCUT2D eigenvalue weighted by atomic mass is 16.5. The number of methoxy groups -OCH3 is 1. The number of ether oxygens (including phenoxy) is 1. The highest BCUT2D eigenvalue weighted by molar-refractivity contribution is 5.70. The lowest BCUT2D eigenvalue weighted by atomic mass is 10.1. The van der Waals surface area contributed by atoms with Crippen LogP contribution in [-0.2, 0) is 5.60 Å². The molecule has 1 heterocycles. The smallest absolute Gasteiger partial charge is 0.138 e. The van der Waals surface area contributed by atoms with Crippen LogP contribution in [0.4, 0.5) is 0 Å². The average Bonchev–Trinajstić information content (AvgIpc) is 2.71. The molecule has 0 radical (unpaired) electrons. The van der Waals surface area contributed by atoms with E-state index in [4.69, 9.17) is 4.74 Å². The zero-order valence-electron chi connectivity index (χ0n) is 12.0. The zero-order chi connectivity index (χ0) is 14.2. The molecular weight excluding hydrogens is 240 g/mol. The van der Waals surface area contributed by atoms with Gasteiger partial charge in [0.25, 0.3) is 0 Å². The van der Waals surface area contributed by atoms with Gasteiger partial charge in [0.1, 0.15) is 17.2 Å². The minimum atomic E-state index is -0.986. The summed E-state index contributed by atoms with van der Waals surface area (Å²) >= 11 is 0. The molecule has 0 bridgehead atoms. The van der Waals surface area contributed by atoms with Crippen LogP contribution in [0.2, 0.25) is 0 Å². The highest BCUT2D eigenvalue weighted by Gasteiger charge is 2.23. The molecule has 0 aliphatic heterocycles. The predicted octanol–water partition coefficient (Wildman–Crippen LogP) is 2.93. The van der Waals surface area contributed by atoms with Crippen LogP contribution in [-0.4, -0.2) is 22.2 Å². The fourth-order valence-corrected chi connectivity index (χ4v) is 2.02. The maximum Gasteiger partial charge on any atom is 0.138 e. The third kappa shape index (κ3) is 2.63. The van der Waals surface area contributed by atoms with Crippen LogP contribution in [0.25, 0.3) is 11.3 Å². The van der Waals surface area contributed by atoms with Gasteiger partial charge in [0.2, 0.25) is 0 Å². The summed E-state index contributed by atoms with van der Waals surface area (Å²) in [7, 11) is 1.65. The van der Waals surface area contributed by atoms with Gasteiger partial charge in [-0.1, -0.05) is 11.6 Å². The Bertz CT molecular complexity index is 595. The first-order chi connectivity index (χ1) is 8.82. The maximum atomic E-state index is 10.0. The van der Waals surface area contributed by atoms with Gasteiger partial charge in [-0.2, -0.15) is 0 Å². The molecule has 0 amide bonds. The van der Waals surface area contributed by atoms with Crippen molar-refractivity contribution in [3.8, 4) is 17.0 Å². The monoisotopic (exact) mass is 260 g/mol. The lowest BCUT2D eigenvalue weighted by Gasteiger charge is -2.13. The molecule has 0 fully saturated rings. The number of benzene rings is 1. The molecular formula is C15H20N2O2. The third-order valence-corrected chi connectivity index (χ3v) is 3.07. The van der Waals surface area contributed by atoms with E-state index in [1.54, 1.807) is 21.0 Å². The van der Waals surface area contributed by atoms with Gasteiger partial charge >= 0.3 is 0 Å². The van der Waals surface area contributed by atoms with Crippen molar-refractivity contribution in [1.82, 2.24) is 9.97 Å². The van der Waals surface area contributed by atoms with Crippen LogP contribution in [0.15, 0.2) is 18.2 Å². The quantitative estimate of drug-likeness (QED) is 0.892. The van der Waals surface area contributed by atoms with Crippen molar-refractivity contribution in [1.29, 1.82) is 0 Å². The normalized spacial score (nSPS) is 11.7. The van der Waals surface area contributed by atoms with Crippen molar-refractivity contribution in [3.05, 3.63) is 35.3 Å². The molecule has 19 heavy (non-hydrogen) atoms. The minimum Gasteiger partial charge on any atom is -0.496 e. The van der Waals surface area contributed by atoms with E-state index >= 15 is 0 Å². The summed E-state index contributed by atoms with van der Waals surface area (Å²) in [6.07, 6.45) is 0. The van der Waals surface area contributed by atoms with Crippen molar-refractivity contribution in [3.63, 3.8) is 0 Å². The molecule has 0 aliphatic carbocycles. The second-order valence-corrected chi connectivity index (χ2v) is 5.32. The largest absolute Gasteiger partial charge is 0.496 e. The standard InChI is InChI=1S/C15H20N2O2/c1-9-6-7-12(19-5)11(8-9)13-10(2)16-14(17-13)15(3,4)18/h6-8,18H,1-5H3,(H,16,17). The number of hydrogen-bond acceptors (Lipinski definition) is 3. The zero-order valence-corrected chi connectivity index (χ0v) is 12.0. The number of aliphatic hydroxyl groups is 1. The molecule has 1 aromatic carbocycles. The molecule has 0 spiro atoms. The van der Waals surface area contributed by atoms with Gasteiger partial charge in [-0.25, -0.2) is 4.98 Å². The Kier molecular flexibility index (Phi) is 3.37. The summed E-state index contributed by atoms with van der Waals surface area (Å²) in [4.78, 5) is 7.65. The van der Waals surface area contributed by atoms with Gasteiger partial charge in [-0.3, -0.25) is 0 Å². The fourth-order valence-electron chi connectivity index (χ4n) is 2.02. The number of aromatic amines is 1. The molecule has 2 N–H and O–H groups in total. The van der Waals surface area contributed by atoms with Gasteiger partial charge in [-0.15, -0.1) is 0 Å². The Morgan fingerprint density at radius 1 is 1.26 bits per heavy atom. The van der Waals surface area contributed by atoms with Gasteiger partial charge < -0.3 is 14.8 Å². The van der Waals surface area contributed by atoms with Gasteiger partial charge in [0.05, 0.1) is 12.8 Å². The summed E-state index contributed by atoms with van der Waals surface area (Å²) in [6.45, 7) is 7.40. The molecule has 102 valence electrons. The lowest BCUT2D eigenvalue weighted by Crippen LogP contribution is -2.17. The van der Waals surface area contributed by atoms with E-state index in [1.807, 2.05) is 32.0 Å². The Morgan fingerprint density at radius 2 is 1.95 bits per heavy atom. The second kappa shape index (κ2) is 4.70. The molecule has 1 aromatic heterocycles. The first kappa shape index (κ1) is 13.6. The van der Waals surface area contributed by atoms with Gasteiger partial charge in [-0.05, 0) is 39.8 Å².